The highest BCUT2D eigenvalue weighted by molar-refractivity contribution is 5.45. The van der Waals surface area contributed by atoms with Crippen molar-refractivity contribution in [2.24, 2.45) is 5.92 Å². The summed E-state index contributed by atoms with van der Waals surface area (Å²) in [5.41, 5.74) is 0. The van der Waals surface area contributed by atoms with Gasteiger partial charge in [-0.3, -0.25) is 4.79 Å². The SMILES string of the molecule is CC(C)CCCCCCNC=O.CCO. The summed E-state index contributed by atoms with van der Waals surface area (Å²) in [7, 11) is 0. The minimum absolute atomic E-state index is 0.250. The summed E-state index contributed by atoms with van der Waals surface area (Å²) in [5, 5.41) is 10.2. The maximum atomic E-state index is 9.87. The zero-order valence-corrected chi connectivity index (χ0v) is 10.5. The molecule has 0 saturated carbocycles. The molecule has 0 spiro atoms. The van der Waals surface area contributed by atoms with Crippen molar-refractivity contribution >= 4 is 6.41 Å². The van der Waals surface area contributed by atoms with Gasteiger partial charge in [0.2, 0.25) is 6.41 Å². The van der Waals surface area contributed by atoms with Crippen LogP contribution in [0.4, 0.5) is 0 Å². The Bertz CT molecular complexity index is 116. The molecule has 0 aromatic heterocycles. The molecule has 3 heteroatoms. The molecule has 2 N–H and O–H groups in total. The van der Waals surface area contributed by atoms with E-state index >= 15 is 0 Å². The highest BCUT2D eigenvalue weighted by Crippen LogP contribution is 2.08. The second kappa shape index (κ2) is 15.9. The molecule has 92 valence electrons. The lowest BCUT2D eigenvalue weighted by atomic mass is 10.0. The quantitative estimate of drug-likeness (QED) is 0.484. The Labute approximate surface area is 94.3 Å². The molecule has 0 aromatic rings. The van der Waals surface area contributed by atoms with E-state index in [1.807, 2.05) is 0 Å². The normalized spacial score (nSPS) is 9.40. The molecule has 0 unspecified atom stereocenters. The summed E-state index contributed by atoms with van der Waals surface area (Å²) in [4.78, 5) is 9.87. The third kappa shape index (κ3) is 24.7. The van der Waals surface area contributed by atoms with Crippen LogP contribution in [-0.2, 0) is 4.79 Å². The summed E-state index contributed by atoms with van der Waals surface area (Å²) in [6, 6.07) is 0. The zero-order valence-electron chi connectivity index (χ0n) is 10.5. The lowest BCUT2D eigenvalue weighted by Crippen LogP contribution is -2.11. The highest BCUT2D eigenvalue weighted by Gasteiger charge is 1.93. The number of nitrogens with one attached hydrogen (secondary N) is 1. The molecule has 0 atom stereocenters. The van der Waals surface area contributed by atoms with Crippen LogP contribution in [0.1, 0.15) is 52.9 Å². The Balaban J connectivity index is 0. The molecule has 3 nitrogen and oxygen atoms in total. The molecular formula is C12H27NO2. The molecule has 0 saturated heterocycles. The van der Waals surface area contributed by atoms with Gasteiger partial charge in [0.1, 0.15) is 0 Å². The number of aliphatic hydroxyl groups is 1. The Hall–Kier alpha value is -0.570. The van der Waals surface area contributed by atoms with Gasteiger partial charge in [-0.2, -0.15) is 0 Å². The molecule has 0 fully saturated rings. The maximum absolute atomic E-state index is 9.87. The molecule has 0 aliphatic rings. The van der Waals surface area contributed by atoms with E-state index in [-0.39, 0.29) is 6.61 Å². The minimum atomic E-state index is 0.250. The van der Waals surface area contributed by atoms with E-state index in [9.17, 15) is 4.79 Å². The van der Waals surface area contributed by atoms with Crippen LogP contribution in [0.2, 0.25) is 0 Å². The van der Waals surface area contributed by atoms with E-state index in [1.165, 1.54) is 25.7 Å². The van der Waals surface area contributed by atoms with Crippen molar-refractivity contribution in [3.05, 3.63) is 0 Å². The first-order valence-corrected chi connectivity index (χ1v) is 5.96. The van der Waals surface area contributed by atoms with Crippen molar-refractivity contribution in [1.29, 1.82) is 0 Å². The number of carbonyl (C=O) groups is 1. The Morgan fingerprint density at radius 3 is 2.20 bits per heavy atom. The molecule has 15 heavy (non-hydrogen) atoms. The van der Waals surface area contributed by atoms with Crippen LogP contribution in [0.25, 0.3) is 0 Å². The number of rotatable bonds is 8. The van der Waals surface area contributed by atoms with Crippen molar-refractivity contribution in [2.45, 2.75) is 52.9 Å². The summed E-state index contributed by atoms with van der Waals surface area (Å²) in [6.07, 6.45) is 7.11. The Morgan fingerprint density at radius 2 is 1.73 bits per heavy atom. The van der Waals surface area contributed by atoms with E-state index in [0.29, 0.717) is 0 Å². The van der Waals surface area contributed by atoms with Gasteiger partial charge in [-0.05, 0) is 19.3 Å². The number of hydrogen-bond donors (Lipinski definition) is 2. The van der Waals surface area contributed by atoms with Crippen molar-refractivity contribution < 1.29 is 9.90 Å². The summed E-state index contributed by atoms with van der Waals surface area (Å²) in [5.74, 6) is 0.832. The molecular weight excluding hydrogens is 190 g/mol. The molecule has 0 aromatic carbocycles. The van der Waals surface area contributed by atoms with Gasteiger partial charge >= 0.3 is 0 Å². The second-order valence-corrected chi connectivity index (χ2v) is 3.98. The number of aliphatic hydroxyl groups excluding tert-OH is 1. The van der Waals surface area contributed by atoms with Gasteiger partial charge in [-0.25, -0.2) is 0 Å². The maximum Gasteiger partial charge on any atom is 0.207 e. The fraction of sp³-hybridized carbons (Fsp3) is 0.917. The Morgan fingerprint density at radius 1 is 1.20 bits per heavy atom. The zero-order chi connectivity index (χ0) is 11.9. The molecule has 0 aliphatic carbocycles. The number of carbonyl (C=O) groups excluding carboxylic acids is 1. The van der Waals surface area contributed by atoms with Gasteiger partial charge in [0.05, 0.1) is 0 Å². The molecule has 1 amide bonds. The molecule has 0 radical (unpaired) electrons. The fourth-order valence-electron chi connectivity index (χ4n) is 1.19. The lowest BCUT2D eigenvalue weighted by molar-refractivity contribution is -0.109. The largest absolute Gasteiger partial charge is 0.397 e. The van der Waals surface area contributed by atoms with E-state index in [4.69, 9.17) is 5.11 Å². The van der Waals surface area contributed by atoms with Crippen LogP contribution in [0.15, 0.2) is 0 Å². The third-order valence-corrected chi connectivity index (χ3v) is 1.94. The second-order valence-electron chi connectivity index (χ2n) is 3.98. The Kier molecular flexibility index (Phi) is 17.8. The topological polar surface area (TPSA) is 49.3 Å². The molecule has 0 rings (SSSR count). The van der Waals surface area contributed by atoms with E-state index in [0.717, 1.165) is 25.3 Å². The van der Waals surface area contributed by atoms with Crippen LogP contribution >= 0.6 is 0 Å². The third-order valence-electron chi connectivity index (χ3n) is 1.94. The van der Waals surface area contributed by atoms with E-state index in [1.54, 1.807) is 6.92 Å². The van der Waals surface area contributed by atoms with Gasteiger partial charge < -0.3 is 10.4 Å². The minimum Gasteiger partial charge on any atom is -0.397 e. The summed E-state index contributed by atoms with van der Waals surface area (Å²) >= 11 is 0. The van der Waals surface area contributed by atoms with Crippen LogP contribution in [-0.4, -0.2) is 24.7 Å². The van der Waals surface area contributed by atoms with Crippen molar-refractivity contribution in [3.63, 3.8) is 0 Å². The van der Waals surface area contributed by atoms with Gasteiger partial charge in [0.25, 0.3) is 0 Å². The average molecular weight is 217 g/mol. The molecule has 0 aliphatic heterocycles. The smallest absolute Gasteiger partial charge is 0.207 e. The standard InChI is InChI=1S/C10H21NO.C2H6O/c1-10(2)7-5-3-4-6-8-11-9-12;1-2-3/h9-10H,3-8H2,1-2H3,(H,11,12);3H,2H2,1H3. The van der Waals surface area contributed by atoms with Gasteiger partial charge in [-0.15, -0.1) is 0 Å². The van der Waals surface area contributed by atoms with E-state index < -0.39 is 0 Å². The highest BCUT2D eigenvalue weighted by atomic mass is 16.2. The van der Waals surface area contributed by atoms with Gasteiger partial charge in [0.15, 0.2) is 0 Å². The monoisotopic (exact) mass is 217 g/mol. The first kappa shape index (κ1) is 16.8. The average Bonchev–Trinajstić information content (AvgIpc) is 2.17. The first-order chi connectivity index (χ1) is 7.18. The van der Waals surface area contributed by atoms with Gasteiger partial charge in [-0.1, -0.05) is 39.5 Å². The first-order valence-electron chi connectivity index (χ1n) is 5.96. The molecule has 0 heterocycles. The van der Waals surface area contributed by atoms with Crippen LogP contribution in [0.3, 0.4) is 0 Å². The van der Waals surface area contributed by atoms with Crippen LogP contribution < -0.4 is 5.32 Å². The van der Waals surface area contributed by atoms with Crippen molar-refractivity contribution in [1.82, 2.24) is 5.32 Å². The van der Waals surface area contributed by atoms with E-state index in [2.05, 4.69) is 19.2 Å². The fourth-order valence-corrected chi connectivity index (χ4v) is 1.19. The number of amides is 1. The van der Waals surface area contributed by atoms with Gasteiger partial charge in [0, 0.05) is 13.2 Å². The number of unbranched alkanes of at least 4 members (excludes halogenated alkanes) is 3. The predicted molar refractivity (Wildman–Crippen MR) is 64.7 cm³/mol. The summed E-state index contributed by atoms with van der Waals surface area (Å²) < 4.78 is 0. The van der Waals surface area contributed by atoms with Crippen molar-refractivity contribution in [3.8, 4) is 0 Å². The van der Waals surface area contributed by atoms with Crippen LogP contribution in [0.5, 0.6) is 0 Å². The van der Waals surface area contributed by atoms with Crippen LogP contribution in [0, 0.1) is 5.92 Å². The molecule has 0 bridgehead atoms. The lowest BCUT2D eigenvalue weighted by Gasteiger charge is -2.03. The summed E-state index contributed by atoms with van der Waals surface area (Å²) in [6.45, 7) is 7.28. The predicted octanol–water partition coefficient (Wildman–Crippen LogP) is 2.34. The number of hydrogen-bond acceptors (Lipinski definition) is 2. The van der Waals surface area contributed by atoms with Crippen molar-refractivity contribution in [2.75, 3.05) is 13.2 Å².